The number of amides is 2. The lowest BCUT2D eigenvalue weighted by molar-refractivity contribution is -0.112. The van der Waals surface area contributed by atoms with Gasteiger partial charge in [0.25, 0.3) is 16.9 Å². The maximum Gasteiger partial charge on any atom is 0.296 e. The smallest absolute Gasteiger partial charge is 0.296 e. The number of hydrogen-bond acceptors (Lipinski definition) is 5. The van der Waals surface area contributed by atoms with Crippen molar-refractivity contribution in [2.45, 2.75) is 18.7 Å². The summed E-state index contributed by atoms with van der Waals surface area (Å²) in [6.45, 7) is 3.47. The van der Waals surface area contributed by atoms with E-state index in [9.17, 15) is 14.4 Å². The lowest BCUT2D eigenvalue weighted by Crippen LogP contribution is -2.24. The molecule has 0 spiro atoms. The molecule has 2 aromatic carbocycles. The van der Waals surface area contributed by atoms with Crippen molar-refractivity contribution in [3.05, 3.63) is 71.5 Å². The monoisotopic (exact) mass is 422 g/mol. The first kappa shape index (κ1) is 21.3. The molecule has 0 unspecified atom stereocenters. The van der Waals surface area contributed by atoms with Crippen LogP contribution < -0.4 is 5.32 Å². The Bertz CT molecular complexity index is 1090. The van der Waals surface area contributed by atoms with Gasteiger partial charge in [0, 0.05) is 24.7 Å². The highest BCUT2D eigenvalue weighted by atomic mass is 32.2. The van der Waals surface area contributed by atoms with Crippen LogP contribution in [0.1, 0.15) is 21.7 Å². The molecule has 154 valence electrons. The average molecular weight is 423 g/mol. The summed E-state index contributed by atoms with van der Waals surface area (Å²) < 4.78 is 1.66. The first-order valence-corrected chi connectivity index (χ1v) is 10.1. The van der Waals surface area contributed by atoms with Gasteiger partial charge in [-0.25, -0.2) is 4.68 Å². The predicted molar refractivity (Wildman–Crippen MR) is 117 cm³/mol. The predicted octanol–water partition coefficient (Wildman–Crippen LogP) is 4.08. The van der Waals surface area contributed by atoms with Crippen LogP contribution in [0.4, 0.5) is 10.5 Å². The van der Waals surface area contributed by atoms with Crippen LogP contribution in [0, 0.1) is 13.8 Å². The molecule has 2 amide bonds. The Hall–Kier alpha value is -3.39. The van der Waals surface area contributed by atoms with E-state index in [1.807, 2.05) is 30.3 Å². The molecule has 1 heterocycles. The van der Waals surface area contributed by atoms with Gasteiger partial charge in [-0.15, -0.1) is 0 Å². The fraction of sp³-hybridized carbons (Fsp3) is 0.182. The molecule has 0 bridgehead atoms. The lowest BCUT2D eigenvalue weighted by atomic mass is 10.1. The van der Waals surface area contributed by atoms with E-state index in [0.717, 1.165) is 22.3 Å². The molecule has 0 aliphatic carbocycles. The number of thioether (sulfide) groups is 1. The minimum atomic E-state index is -0.737. The number of aryl methyl sites for hydroxylation is 1. The van der Waals surface area contributed by atoms with E-state index in [1.165, 1.54) is 4.90 Å². The van der Waals surface area contributed by atoms with Crippen molar-refractivity contribution in [3.8, 4) is 5.69 Å². The third kappa shape index (κ3) is 4.60. The van der Waals surface area contributed by atoms with Crippen molar-refractivity contribution in [2.24, 2.45) is 0 Å². The highest BCUT2D eigenvalue weighted by Gasteiger charge is 2.25. The molecule has 30 heavy (non-hydrogen) atoms. The molecule has 0 atom stereocenters. The number of hydrogen-bond donors (Lipinski definition) is 1. The highest BCUT2D eigenvalue weighted by molar-refractivity contribution is 8.13. The Balaban J connectivity index is 1.75. The number of aromatic nitrogens is 2. The largest absolute Gasteiger partial charge is 0.339 e. The van der Waals surface area contributed by atoms with Gasteiger partial charge in [0.15, 0.2) is 0 Å². The van der Waals surface area contributed by atoms with E-state index in [1.54, 1.807) is 56.9 Å². The zero-order valence-electron chi connectivity index (χ0n) is 17.2. The maximum atomic E-state index is 12.8. The van der Waals surface area contributed by atoms with Gasteiger partial charge in [0.1, 0.15) is 0 Å². The Kier molecular flexibility index (Phi) is 6.37. The summed E-state index contributed by atoms with van der Waals surface area (Å²) in [6, 6.07) is 16.2. The molecule has 1 aromatic heterocycles. The second-order valence-corrected chi connectivity index (χ2v) is 7.89. The number of benzene rings is 2. The second kappa shape index (κ2) is 8.96. The molecule has 0 aliphatic heterocycles. The molecule has 8 heteroatoms. The molecule has 1 N–H and O–H groups in total. The van der Waals surface area contributed by atoms with Crippen LogP contribution >= 0.6 is 11.8 Å². The fourth-order valence-corrected chi connectivity index (χ4v) is 3.55. The summed E-state index contributed by atoms with van der Waals surface area (Å²) in [6.07, 6.45) is 0. The number of Topliss-reactive ketones (excluding diaryl/α,β-unsaturated/α-hetero) is 1. The van der Waals surface area contributed by atoms with Gasteiger partial charge in [-0.05, 0) is 62.0 Å². The first-order chi connectivity index (χ1) is 14.3. The Morgan fingerprint density at radius 1 is 0.967 bits per heavy atom. The molecule has 3 rings (SSSR count). The van der Waals surface area contributed by atoms with Crippen molar-refractivity contribution in [3.63, 3.8) is 0 Å². The van der Waals surface area contributed by atoms with Crippen molar-refractivity contribution in [2.75, 3.05) is 19.4 Å². The standard InChI is InChI=1S/C22H22N4O3S/c1-14-19(15(2)26(24-14)17-8-6-5-7-9-17)20(27)21(28)23-16-10-12-18(13-11-16)30-22(29)25(3)4/h5-13H,1-4H3,(H,23,28). The van der Waals surface area contributed by atoms with Crippen LogP contribution in [-0.4, -0.2) is 45.7 Å². The average Bonchev–Trinajstić information content (AvgIpc) is 3.03. The minimum Gasteiger partial charge on any atom is -0.339 e. The number of nitrogens with one attached hydrogen (secondary N) is 1. The summed E-state index contributed by atoms with van der Waals surface area (Å²) in [7, 11) is 3.36. The molecule has 0 saturated carbocycles. The molecular weight excluding hydrogens is 400 g/mol. The Morgan fingerprint density at radius 3 is 2.20 bits per heavy atom. The third-order valence-corrected chi connectivity index (χ3v) is 5.46. The molecule has 0 saturated heterocycles. The van der Waals surface area contributed by atoms with E-state index in [4.69, 9.17) is 0 Å². The minimum absolute atomic E-state index is 0.0941. The topological polar surface area (TPSA) is 84.3 Å². The third-order valence-electron chi connectivity index (χ3n) is 4.41. The van der Waals surface area contributed by atoms with Gasteiger partial charge in [-0.1, -0.05) is 18.2 Å². The van der Waals surface area contributed by atoms with E-state index < -0.39 is 11.7 Å². The van der Waals surface area contributed by atoms with Crippen LogP contribution in [0.25, 0.3) is 5.69 Å². The van der Waals surface area contributed by atoms with E-state index in [2.05, 4.69) is 10.4 Å². The van der Waals surface area contributed by atoms with Gasteiger partial charge in [0.05, 0.1) is 22.6 Å². The number of carbonyl (C=O) groups is 3. The van der Waals surface area contributed by atoms with Crippen LogP contribution in [-0.2, 0) is 4.79 Å². The first-order valence-electron chi connectivity index (χ1n) is 9.24. The van der Waals surface area contributed by atoms with E-state index >= 15 is 0 Å². The van der Waals surface area contributed by atoms with Crippen LogP contribution in [0.5, 0.6) is 0 Å². The van der Waals surface area contributed by atoms with Crippen LogP contribution in [0.2, 0.25) is 0 Å². The van der Waals surface area contributed by atoms with Crippen LogP contribution in [0.3, 0.4) is 0 Å². The van der Waals surface area contributed by atoms with Crippen molar-refractivity contribution in [1.29, 1.82) is 0 Å². The number of rotatable bonds is 5. The van der Waals surface area contributed by atoms with E-state index in [-0.39, 0.29) is 5.24 Å². The zero-order valence-corrected chi connectivity index (χ0v) is 18.0. The number of ketones is 1. The Morgan fingerprint density at radius 2 is 1.60 bits per heavy atom. The fourth-order valence-electron chi connectivity index (χ4n) is 2.89. The number of carbonyl (C=O) groups excluding carboxylic acids is 3. The Labute approximate surface area is 179 Å². The van der Waals surface area contributed by atoms with Crippen LogP contribution in [0.15, 0.2) is 59.5 Å². The van der Waals surface area contributed by atoms with Crippen molar-refractivity contribution in [1.82, 2.24) is 14.7 Å². The molecule has 0 fully saturated rings. The summed E-state index contributed by atoms with van der Waals surface area (Å²) >= 11 is 1.08. The van der Waals surface area contributed by atoms with Gasteiger partial charge in [-0.3, -0.25) is 14.4 Å². The molecule has 0 radical (unpaired) electrons. The van der Waals surface area contributed by atoms with Gasteiger partial charge >= 0.3 is 0 Å². The molecule has 0 aliphatic rings. The molecular formula is C22H22N4O3S. The number of anilines is 1. The molecule has 3 aromatic rings. The summed E-state index contributed by atoms with van der Waals surface area (Å²) in [4.78, 5) is 39.3. The number of nitrogens with zero attached hydrogens (tertiary/aromatic N) is 3. The SMILES string of the molecule is Cc1nn(-c2ccccc2)c(C)c1C(=O)C(=O)Nc1ccc(SC(=O)N(C)C)cc1. The lowest BCUT2D eigenvalue weighted by Gasteiger charge is -2.10. The highest BCUT2D eigenvalue weighted by Crippen LogP contribution is 2.23. The summed E-state index contributed by atoms with van der Waals surface area (Å²) in [5.74, 6) is -1.38. The van der Waals surface area contributed by atoms with Crippen molar-refractivity contribution < 1.29 is 14.4 Å². The second-order valence-electron chi connectivity index (χ2n) is 6.86. The molecule has 7 nitrogen and oxygen atoms in total. The quantitative estimate of drug-likeness (QED) is 0.380. The van der Waals surface area contributed by atoms with Gasteiger partial charge < -0.3 is 10.2 Å². The van der Waals surface area contributed by atoms with Gasteiger partial charge in [0.2, 0.25) is 0 Å². The zero-order chi connectivity index (χ0) is 21.8. The maximum absolute atomic E-state index is 12.8. The summed E-state index contributed by atoms with van der Waals surface area (Å²) in [5.41, 5.74) is 2.68. The normalized spacial score (nSPS) is 10.5. The summed E-state index contributed by atoms with van der Waals surface area (Å²) in [5, 5.41) is 6.94. The number of para-hydroxylation sites is 1. The van der Waals surface area contributed by atoms with Gasteiger partial charge in [-0.2, -0.15) is 5.10 Å². The van der Waals surface area contributed by atoms with Crippen molar-refractivity contribution >= 4 is 34.4 Å². The van der Waals surface area contributed by atoms with E-state index in [0.29, 0.717) is 22.6 Å².